The van der Waals surface area contributed by atoms with Crippen LogP contribution in [-0.4, -0.2) is 4.57 Å². The summed E-state index contributed by atoms with van der Waals surface area (Å²) >= 11 is 0. The Labute approximate surface area is 181 Å². The maximum Gasteiger partial charge on any atom is 0.238 e. The number of hydrogen-bond acceptors (Lipinski definition) is 0. The van der Waals surface area contributed by atoms with Gasteiger partial charge in [0.1, 0.15) is 12.6 Å². The molecule has 1 aliphatic rings. The normalized spacial score (nSPS) is 15.3. The third kappa shape index (κ3) is 4.49. The van der Waals surface area contributed by atoms with Crippen LogP contribution in [0.3, 0.4) is 0 Å². The van der Waals surface area contributed by atoms with Crippen LogP contribution in [0.5, 0.6) is 0 Å². The van der Waals surface area contributed by atoms with E-state index in [0.29, 0.717) is 0 Å². The highest BCUT2D eigenvalue weighted by Crippen LogP contribution is 2.29. The van der Waals surface area contributed by atoms with Crippen LogP contribution < -0.4 is 28.5 Å². The van der Waals surface area contributed by atoms with Crippen LogP contribution >= 0.6 is 0 Å². The molecule has 146 valence electrons. The topological polar surface area (TPSA) is 8.81 Å². The van der Waals surface area contributed by atoms with E-state index >= 15 is 0 Å². The van der Waals surface area contributed by atoms with Crippen LogP contribution in [0.4, 0.5) is 0 Å². The van der Waals surface area contributed by atoms with Gasteiger partial charge in [-0.05, 0) is 37.5 Å². The molecule has 0 bridgehead atoms. The zero-order chi connectivity index (χ0) is 17.9. The monoisotopic (exact) mass is 476 g/mol. The van der Waals surface area contributed by atoms with Crippen molar-refractivity contribution < 1.29 is 28.5 Å². The standard InChI is InChI=1S/C24H33N2.HI/c1-19-14-15-22-21(18-19)24-23(13-9-16-25(24)2)26(22)17-8-4-7-12-20-10-5-3-6-11-20;/h9,13-16,18,20H,3-8,10-12,17H2,1-2H3;1H/q+1;/p-1. The first-order valence-corrected chi connectivity index (χ1v) is 10.6. The number of benzene rings is 1. The third-order valence-electron chi connectivity index (χ3n) is 6.37. The first-order valence-electron chi connectivity index (χ1n) is 10.6. The Bertz CT molecular complexity index is 890. The molecule has 0 aliphatic heterocycles. The summed E-state index contributed by atoms with van der Waals surface area (Å²) in [5, 5.41) is 1.39. The highest BCUT2D eigenvalue weighted by Gasteiger charge is 2.17. The molecule has 0 amide bonds. The van der Waals surface area contributed by atoms with Gasteiger partial charge in [0.05, 0.1) is 10.9 Å². The number of nitrogens with zero attached hydrogens (tertiary/aromatic N) is 2. The minimum Gasteiger partial charge on any atom is -1.00 e. The summed E-state index contributed by atoms with van der Waals surface area (Å²) in [6.45, 7) is 3.33. The van der Waals surface area contributed by atoms with Crippen molar-refractivity contribution in [2.75, 3.05) is 0 Å². The quantitative estimate of drug-likeness (QED) is 0.294. The van der Waals surface area contributed by atoms with Gasteiger partial charge < -0.3 is 28.5 Å². The molecule has 2 nitrogen and oxygen atoms in total. The molecule has 1 aromatic carbocycles. The number of halogens is 1. The van der Waals surface area contributed by atoms with Crippen molar-refractivity contribution in [3.63, 3.8) is 0 Å². The van der Waals surface area contributed by atoms with Gasteiger partial charge in [0.2, 0.25) is 5.52 Å². The first-order chi connectivity index (χ1) is 12.7. The van der Waals surface area contributed by atoms with Crippen LogP contribution in [-0.2, 0) is 13.6 Å². The molecule has 4 rings (SSSR count). The fourth-order valence-electron chi connectivity index (χ4n) is 4.94. The van der Waals surface area contributed by atoms with Crippen molar-refractivity contribution in [3.8, 4) is 0 Å². The summed E-state index contributed by atoms with van der Waals surface area (Å²) in [7, 11) is 2.17. The average Bonchev–Trinajstić information content (AvgIpc) is 2.96. The molecule has 0 atom stereocenters. The van der Waals surface area contributed by atoms with Crippen LogP contribution in [0.15, 0.2) is 36.5 Å². The summed E-state index contributed by atoms with van der Waals surface area (Å²) < 4.78 is 4.82. The largest absolute Gasteiger partial charge is 1.00 e. The summed E-state index contributed by atoms with van der Waals surface area (Å²) in [6.07, 6.45) is 15.1. The molecule has 1 aliphatic carbocycles. The van der Waals surface area contributed by atoms with Crippen molar-refractivity contribution in [3.05, 3.63) is 42.1 Å². The third-order valence-corrected chi connectivity index (χ3v) is 6.37. The van der Waals surface area contributed by atoms with E-state index in [1.165, 1.54) is 85.3 Å². The molecule has 0 N–H and O–H groups in total. The number of aromatic nitrogens is 2. The van der Waals surface area contributed by atoms with Gasteiger partial charge in [-0.15, -0.1) is 0 Å². The Balaban J connectivity index is 0.00000210. The maximum absolute atomic E-state index is 2.55. The average molecular weight is 476 g/mol. The van der Waals surface area contributed by atoms with Gasteiger partial charge in [-0.3, -0.25) is 0 Å². The van der Waals surface area contributed by atoms with E-state index in [9.17, 15) is 0 Å². The Morgan fingerprint density at radius 3 is 2.63 bits per heavy atom. The second-order valence-corrected chi connectivity index (χ2v) is 8.38. The van der Waals surface area contributed by atoms with Crippen molar-refractivity contribution in [1.82, 2.24) is 4.57 Å². The summed E-state index contributed by atoms with van der Waals surface area (Å²) in [6, 6.07) is 11.4. The van der Waals surface area contributed by atoms with Gasteiger partial charge in [-0.1, -0.05) is 63.0 Å². The minimum absolute atomic E-state index is 0. The Kier molecular flexibility index (Phi) is 7.18. The zero-order valence-corrected chi connectivity index (χ0v) is 19.0. The van der Waals surface area contributed by atoms with E-state index in [1.807, 2.05) is 0 Å². The van der Waals surface area contributed by atoms with Gasteiger partial charge in [0, 0.05) is 12.6 Å². The predicted octanol–water partition coefficient (Wildman–Crippen LogP) is 3.07. The molecule has 2 heterocycles. The summed E-state index contributed by atoms with van der Waals surface area (Å²) in [5.41, 5.74) is 5.48. The van der Waals surface area contributed by atoms with Gasteiger partial charge in [-0.25, -0.2) is 0 Å². The molecule has 3 aromatic rings. The minimum atomic E-state index is 0. The van der Waals surface area contributed by atoms with Crippen LogP contribution in [0, 0.1) is 12.8 Å². The van der Waals surface area contributed by atoms with Crippen LogP contribution in [0.25, 0.3) is 21.9 Å². The Hall–Kier alpha value is -1.10. The molecule has 1 fully saturated rings. The van der Waals surface area contributed by atoms with Crippen LogP contribution in [0.1, 0.15) is 63.4 Å². The van der Waals surface area contributed by atoms with Gasteiger partial charge in [0.25, 0.3) is 0 Å². The lowest BCUT2D eigenvalue weighted by Gasteiger charge is -2.21. The number of fused-ring (bicyclic) bond motifs is 3. The van der Waals surface area contributed by atoms with Crippen molar-refractivity contribution in [2.24, 2.45) is 13.0 Å². The second-order valence-electron chi connectivity index (χ2n) is 8.38. The summed E-state index contributed by atoms with van der Waals surface area (Å²) in [4.78, 5) is 0. The number of aryl methyl sites for hydroxylation is 3. The molecule has 0 saturated heterocycles. The lowest BCUT2D eigenvalue weighted by molar-refractivity contribution is -0.644. The molecule has 27 heavy (non-hydrogen) atoms. The Morgan fingerprint density at radius 1 is 1.00 bits per heavy atom. The fraction of sp³-hybridized carbons (Fsp3) is 0.542. The highest BCUT2D eigenvalue weighted by atomic mass is 127. The van der Waals surface area contributed by atoms with E-state index in [-0.39, 0.29) is 24.0 Å². The second kappa shape index (κ2) is 9.40. The zero-order valence-electron chi connectivity index (χ0n) is 16.9. The molecule has 0 radical (unpaired) electrons. The lowest BCUT2D eigenvalue weighted by atomic mass is 9.85. The van der Waals surface area contributed by atoms with E-state index in [0.717, 1.165) is 12.5 Å². The van der Waals surface area contributed by atoms with Gasteiger partial charge >= 0.3 is 0 Å². The van der Waals surface area contributed by atoms with Gasteiger partial charge in [0.15, 0.2) is 6.20 Å². The summed E-state index contributed by atoms with van der Waals surface area (Å²) in [5.74, 6) is 1.03. The maximum atomic E-state index is 2.55. The number of pyridine rings is 1. The number of unbranched alkanes of at least 4 members (excludes halogenated alkanes) is 2. The number of hydrogen-bond donors (Lipinski definition) is 0. The van der Waals surface area contributed by atoms with Crippen LogP contribution in [0.2, 0.25) is 0 Å². The number of rotatable bonds is 6. The van der Waals surface area contributed by atoms with Gasteiger partial charge in [-0.2, -0.15) is 4.57 Å². The Morgan fingerprint density at radius 2 is 1.81 bits per heavy atom. The van der Waals surface area contributed by atoms with Crippen molar-refractivity contribution >= 4 is 21.9 Å². The predicted molar refractivity (Wildman–Crippen MR) is 110 cm³/mol. The van der Waals surface area contributed by atoms with E-state index in [1.54, 1.807) is 0 Å². The highest BCUT2D eigenvalue weighted by molar-refractivity contribution is 6.04. The SMILES string of the molecule is Cc1ccc2c(c1)c1c(ccc[n+]1C)n2CCCCCC1CCCCC1.[I-]. The molecule has 2 aromatic heterocycles. The van der Waals surface area contributed by atoms with E-state index in [2.05, 4.69) is 59.6 Å². The lowest BCUT2D eigenvalue weighted by Crippen LogP contribution is -3.00. The molecule has 0 unspecified atom stereocenters. The molecular weight excluding hydrogens is 443 g/mol. The molecule has 1 saturated carbocycles. The fourth-order valence-corrected chi connectivity index (χ4v) is 4.94. The first kappa shape index (κ1) is 20.6. The molecule has 0 spiro atoms. The van der Waals surface area contributed by atoms with Crippen molar-refractivity contribution in [2.45, 2.75) is 71.3 Å². The van der Waals surface area contributed by atoms with E-state index in [4.69, 9.17) is 0 Å². The van der Waals surface area contributed by atoms with E-state index < -0.39 is 0 Å². The smallest absolute Gasteiger partial charge is 0.238 e. The van der Waals surface area contributed by atoms with Crippen molar-refractivity contribution in [1.29, 1.82) is 0 Å². The molecular formula is C24H33IN2. The molecule has 3 heteroatoms.